The normalized spacial score (nSPS) is 16.8. The number of tetrazole rings is 1. The molecule has 1 amide bonds. The predicted molar refractivity (Wildman–Crippen MR) is 96.5 cm³/mol. The molecule has 1 aromatic carbocycles. The van der Waals surface area contributed by atoms with Gasteiger partial charge in [-0.05, 0) is 52.9 Å². The zero-order valence-corrected chi connectivity index (χ0v) is 15.5. The Balaban J connectivity index is 1.64. The molecule has 2 aromatic rings. The summed E-state index contributed by atoms with van der Waals surface area (Å²) in [5, 5.41) is 16.9. The number of halogens is 1. The fraction of sp³-hybridized carbons (Fsp3) is 0.467. The van der Waals surface area contributed by atoms with Crippen LogP contribution in [0.3, 0.4) is 0 Å². The molecule has 2 N–H and O–H groups in total. The van der Waals surface area contributed by atoms with E-state index in [4.69, 9.17) is 4.74 Å². The number of carbonyl (C=O) groups is 1. The van der Waals surface area contributed by atoms with E-state index in [-0.39, 0.29) is 11.9 Å². The van der Waals surface area contributed by atoms with Gasteiger partial charge in [-0.3, -0.25) is 9.69 Å². The van der Waals surface area contributed by atoms with E-state index in [1.165, 1.54) is 0 Å². The van der Waals surface area contributed by atoms with Crippen LogP contribution in [0, 0.1) is 3.57 Å². The van der Waals surface area contributed by atoms with Gasteiger partial charge in [0.05, 0.1) is 13.2 Å². The summed E-state index contributed by atoms with van der Waals surface area (Å²) < 4.78 is 6.30. The van der Waals surface area contributed by atoms with Crippen molar-refractivity contribution < 1.29 is 9.53 Å². The molecule has 0 bridgehead atoms. The molecule has 24 heavy (non-hydrogen) atoms. The Morgan fingerprint density at radius 2 is 2.21 bits per heavy atom. The molecule has 1 aliphatic heterocycles. The Morgan fingerprint density at radius 3 is 2.92 bits per heavy atom. The Labute approximate surface area is 153 Å². The van der Waals surface area contributed by atoms with Crippen LogP contribution in [0.2, 0.25) is 0 Å². The Bertz CT molecular complexity index is 687. The summed E-state index contributed by atoms with van der Waals surface area (Å²) in [6, 6.07) is 5.82. The van der Waals surface area contributed by atoms with Gasteiger partial charge < -0.3 is 10.1 Å². The summed E-state index contributed by atoms with van der Waals surface area (Å²) in [7, 11) is 0. The fourth-order valence-corrected chi connectivity index (χ4v) is 3.29. The average molecular weight is 442 g/mol. The van der Waals surface area contributed by atoms with Gasteiger partial charge in [-0.2, -0.15) is 5.21 Å². The zero-order valence-electron chi connectivity index (χ0n) is 13.3. The number of hydrogen-bond acceptors (Lipinski definition) is 6. The molecule has 0 spiro atoms. The molecule has 128 valence electrons. The lowest BCUT2D eigenvalue weighted by molar-refractivity contribution is 0.0204. The number of H-pyrrole nitrogens is 1. The van der Waals surface area contributed by atoms with Gasteiger partial charge in [-0.1, -0.05) is 0 Å². The highest BCUT2D eigenvalue weighted by molar-refractivity contribution is 14.1. The minimum absolute atomic E-state index is 0.0987. The van der Waals surface area contributed by atoms with Crippen LogP contribution in [-0.2, 0) is 4.74 Å². The molecule has 1 unspecified atom stereocenters. The van der Waals surface area contributed by atoms with Gasteiger partial charge in [0.2, 0.25) is 5.82 Å². The Hall–Kier alpha value is -1.59. The van der Waals surface area contributed by atoms with Crippen molar-refractivity contribution >= 4 is 28.5 Å². The molecule has 0 radical (unpaired) electrons. The molecule has 2 heterocycles. The van der Waals surface area contributed by atoms with Crippen LogP contribution in [0.4, 0.5) is 0 Å². The van der Waals surface area contributed by atoms with E-state index in [2.05, 4.69) is 60.4 Å². The van der Waals surface area contributed by atoms with Crippen LogP contribution < -0.4 is 5.32 Å². The fourth-order valence-electron chi connectivity index (χ4n) is 2.62. The minimum Gasteiger partial charge on any atom is -0.379 e. The molecule has 1 saturated heterocycles. The van der Waals surface area contributed by atoms with E-state index in [9.17, 15) is 4.79 Å². The van der Waals surface area contributed by atoms with Crippen molar-refractivity contribution in [3.05, 3.63) is 27.3 Å². The number of ether oxygens (including phenoxy) is 1. The molecule has 0 aliphatic carbocycles. The molecular weight excluding hydrogens is 423 g/mol. The topological polar surface area (TPSA) is 96.0 Å². The number of aromatic amines is 1. The molecule has 1 atom stereocenters. The van der Waals surface area contributed by atoms with Crippen molar-refractivity contribution in [1.29, 1.82) is 0 Å². The van der Waals surface area contributed by atoms with E-state index in [1.54, 1.807) is 6.07 Å². The Kier molecular flexibility index (Phi) is 5.74. The van der Waals surface area contributed by atoms with Gasteiger partial charge in [0.15, 0.2) is 0 Å². The quantitative estimate of drug-likeness (QED) is 0.669. The van der Waals surface area contributed by atoms with E-state index < -0.39 is 0 Å². The second-order valence-corrected chi connectivity index (χ2v) is 6.92. The van der Waals surface area contributed by atoms with Gasteiger partial charge in [-0.25, -0.2) is 0 Å². The monoisotopic (exact) mass is 442 g/mol. The molecule has 0 saturated carbocycles. The van der Waals surface area contributed by atoms with Crippen LogP contribution in [0.1, 0.15) is 17.3 Å². The molecule has 1 aromatic heterocycles. The first kappa shape index (κ1) is 17.2. The molecule has 9 heteroatoms. The maximum Gasteiger partial charge on any atom is 0.251 e. The second-order valence-electron chi connectivity index (χ2n) is 5.67. The predicted octanol–water partition coefficient (Wildman–Crippen LogP) is 0.922. The summed E-state index contributed by atoms with van der Waals surface area (Å²) in [5.74, 6) is 0.377. The number of benzene rings is 1. The van der Waals surface area contributed by atoms with E-state index >= 15 is 0 Å². The highest BCUT2D eigenvalue weighted by Crippen LogP contribution is 2.19. The lowest BCUT2D eigenvalue weighted by Gasteiger charge is -2.32. The number of carbonyl (C=O) groups excluding carboxylic acids is 1. The number of hydrogen-bond donors (Lipinski definition) is 2. The van der Waals surface area contributed by atoms with E-state index in [0.29, 0.717) is 17.9 Å². The SMILES string of the molecule is CC(CNC(=O)c1cc(I)cc(-c2nn[nH]n2)c1)N1CCOCC1. The minimum atomic E-state index is -0.0987. The first-order chi connectivity index (χ1) is 11.6. The standard InChI is InChI=1S/C15H19IN6O2/c1-10(22-2-4-24-5-3-22)9-17-15(23)12-6-11(7-13(16)8-12)14-18-20-21-19-14/h6-8,10H,2-5,9H2,1H3,(H,17,23)(H,18,19,20,21). The average Bonchev–Trinajstić information content (AvgIpc) is 3.14. The lowest BCUT2D eigenvalue weighted by Crippen LogP contribution is -2.47. The van der Waals surface area contributed by atoms with Crippen molar-refractivity contribution in [3.63, 3.8) is 0 Å². The highest BCUT2D eigenvalue weighted by atomic mass is 127. The van der Waals surface area contributed by atoms with Crippen molar-refractivity contribution in [2.24, 2.45) is 0 Å². The van der Waals surface area contributed by atoms with E-state index in [0.717, 1.165) is 35.4 Å². The van der Waals surface area contributed by atoms with Crippen molar-refractivity contribution in [1.82, 2.24) is 30.8 Å². The largest absolute Gasteiger partial charge is 0.379 e. The summed E-state index contributed by atoms with van der Waals surface area (Å²) >= 11 is 2.18. The Morgan fingerprint density at radius 1 is 1.42 bits per heavy atom. The summed E-state index contributed by atoms with van der Waals surface area (Å²) in [6.45, 7) is 6.03. The molecular formula is C15H19IN6O2. The van der Waals surface area contributed by atoms with Gasteiger partial charge in [-0.15, -0.1) is 10.2 Å². The van der Waals surface area contributed by atoms with Crippen LogP contribution in [0.5, 0.6) is 0 Å². The molecule has 1 fully saturated rings. The number of nitrogens with one attached hydrogen (secondary N) is 2. The number of rotatable bonds is 5. The number of aromatic nitrogens is 4. The summed E-state index contributed by atoms with van der Waals surface area (Å²) in [4.78, 5) is 14.8. The van der Waals surface area contributed by atoms with E-state index in [1.807, 2.05) is 12.1 Å². The number of amides is 1. The third kappa shape index (κ3) is 4.28. The van der Waals surface area contributed by atoms with Crippen LogP contribution >= 0.6 is 22.6 Å². The second kappa shape index (κ2) is 7.99. The summed E-state index contributed by atoms with van der Waals surface area (Å²) in [5.41, 5.74) is 1.36. The third-order valence-electron chi connectivity index (χ3n) is 3.99. The molecule has 3 rings (SSSR count). The highest BCUT2D eigenvalue weighted by Gasteiger charge is 2.18. The zero-order chi connectivity index (χ0) is 16.9. The lowest BCUT2D eigenvalue weighted by atomic mass is 10.1. The third-order valence-corrected chi connectivity index (χ3v) is 4.61. The van der Waals surface area contributed by atoms with Crippen LogP contribution in [-0.4, -0.2) is 70.3 Å². The maximum absolute atomic E-state index is 12.5. The first-order valence-electron chi connectivity index (χ1n) is 7.78. The van der Waals surface area contributed by atoms with Crippen molar-refractivity contribution in [3.8, 4) is 11.4 Å². The van der Waals surface area contributed by atoms with Crippen molar-refractivity contribution in [2.45, 2.75) is 13.0 Å². The van der Waals surface area contributed by atoms with Crippen LogP contribution in [0.25, 0.3) is 11.4 Å². The number of nitrogens with zero attached hydrogens (tertiary/aromatic N) is 4. The maximum atomic E-state index is 12.5. The molecule has 1 aliphatic rings. The van der Waals surface area contributed by atoms with Gasteiger partial charge in [0.25, 0.3) is 5.91 Å². The van der Waals surface area contributed by atoms with Gasteiger partial charge in [0.1, 0.15) is 0 Å². The first-order valence-corrected chi connectivity index (χ1v) is 8.86. The van der Waals surface area contributed by atoms with Gasteiger partial charge >= 0.3 is 0 Å². The summed E-state index contributed by atoms with van der Waals surface area (Å²) in [6.07, 6.45) is 0. The van der Waals surface area contributed by atoms with Crippen LogP contribution in [0.15, 0.2) is 18.2 Å². The molecule has 8 nitrogen and oxygen atoms in total. The van der Waals surface area contributed by atoms with Crippen molar-refractivity contribution in [2.75, 3.05) is 32.8 Å². The smallest absolute Gasteiger partial charge is 0.251 e. The van der Waals surface area contributed by atoms with Gasteiger partial charge in [0, 0.05) is 40.4 Å². The number of morpholine rings is 1.